The molecule has 1 rings (SSSR count). The van der Waals surface area contributed by atoms with Gasteiger partial charge in [0.05, 0.1) is 4.92 Å². The lowest BCUT2D eigenvalue weighted by molar-refractivity contribution is -0.418. The molecule has 0 radical (unpaired) electrons. The van der Waals surface area contributed by atoms with Crippen molar-refractivity contribution in [3.8, 4) is 0 Å². The number of hydrogen-bond acceptors (Lipinski definition) is 4. The zero-order valence-electron chi connectivity index (χ0n) is 9.48. The van der Waals surface area contributed by atoms with Crippen molar-refractivity contribution in [1.82, 2.24) is 0 Å². The van der Waals surface area contributed by atoms with E-state index < -0.39 is 10.8 Å². The molecule has 0 atom stereocenters. The molecule has 0 aliphatic rings. The Kier molecular flexibility index (Phi) is 5.66. The molecule has 0 aromatic heterocycles. The zero-order valence-corrected chi connectivity index (χ0v) is 10.3. The van der Waals surface area contributed by atoms with E-state index in [0.29, 0.717) is 5.75 Å². The summed E-state index contributed by atoms with van der Waals surface area (Å²) in [6.45, 7) is 0. The second-order valence-corrected chi connectivity index (χ2v) is 4.19. The highest BCUT2D eigenvalue weighted by Crippen LogP contribution is 2.15. The van der Waals surface area contributed by atoms with Crippen molar-refractivity contribution in [3.63, 3.8) is 0 Å². The number of nitrogens with two attached hydrogens (primary N) is 1. The lowest BCUT2D eigenvalue weighted by Crippen LogP contribution is -2.06. The van der Waals surface area contributed by atoms with E-state index in [1.807, 2.05) is 30.3 Å². The molecule has 1 aromatic carbocycles. The van der Waals surface area contributed by atoms with Gasteiger partial charge in [-0.3, -0.25) is 14.9 Å². The molecule has 0 unspecified atom stereocenters. The predicted molar refractivity (Wildman–Crippen MR) is 71.1 cm³/mol. The minimum Gasteiger partial charge on any atom is -0.366 e. The molecule has 0 bridgehead atoms. The van der Waals surface area contributed by atoms with Gasteiger partial charge in [0.25, 0.3) is 5.70 Å². The number of hydrogen-bond donors (Lipinski definition) is 1. The minimum atomic E-state index is -0.712. The van der Waals surface area contributed by atoms with Gasteiger partial charge >= 0.3 is 0 Å². The molecule has 0 aliphatic heterocycles. The van der Waals surface area contributed by atoms with Crippen LogP contribution in [-0.4, -0.2) is 10.8 Å². The monoisotopic (exact) mass is 264 g/mol. The maximum atomic E-state index is 10.7. The molecule has 1 amide bonds. The fourth-order valence-electron chi connectivity index (χ4n) is 1.11. The Bertz CT molecular complexity index is 483. The Morgan fingerprint density at radius 1 is 1.33 bits per heavy atom. The molecule has 0 fully saturated rings. The van der Waals surface area contributed by atoms with Crippen LogP contribution < -0.4 is 5.73 Å². The largest absolute Gasteiger partial charge is 0.366 e. The molecular formula is C12H12N2O3S. The second kappa shape index (κ2) is 7.29. The predicted octanol–water partition coefficient (Wildman–Crippen LogP) is 2.08. The van der Waals surface area contributed by atoms with Crippen LogP contribution in [-0.2, 0) is 10.5 Å². The summed E-state index contributed by atoms with van der Waals surface area (Å²) >= 11 is 1.29. The fraction of sp³-hybridized carbons (Fsp3) is 0.0833. The standard InChI is InChI=1S/C12H12N2O3S/c13-12(15)7-6-11(14(16)17)9-18-8-10-4-2-1-3-5-10/h1-7,9H,8H2,(H2,13,15)/b7-6-,11-9-. The normalized spacial score (nSPS) is 11.7. The topological polar surface area (TPSA) is 86.2 Å². The molecule has 6 heteroatoms. The van der Waals surface area contributed by atoms with Gasteiger partial charge < -0.3 is 5.73 Å². The van der Waals surface area contributed by atoms with Gasteiger partial charge in [-0.2, -0.15) is 0 Å². The third kappa shape index (κ3) is 5.31. The first kappa shape index (κ1) is 14.0. The SMILES string of the molecule is NC(=O)/C=C\C(=C\SCc1ccccc1)[N+](=O)[O-]. The van der Waals surface area contributed by atoms with E-state index in [-0.39, 0.29) is 5.70 Å². The highest BCUT2D eigenvalue weighted by atomic mass is 32.2. The van der Waals surface area contributed by atoms with Crippen LogP contribution in [0, 0.1) is 10.1 Å². The number of nitrogens with zero attached hydrogens (tertiary/aromatic N) is 1. The average molecular weight is 264 g/mol. The lowest BCUT2D eigenvalue weighted by Gasteiger charge is -1.96. The first-order valence-electron chi connectivity index (χ1n) is 5.07. The molecule has 2 N–H and O–H groups in total. The molecule has 0 spiro atoms. The molecule has 0 heterocycles. The van der Waals surface area contributed by atoms with Crippen molar-refractivity contribution in [2.75, 3.05) is 0 Å². The zero-order chi connectivity index (χ0) is 13.4. The van der Waals surface area contributed by atoms with Crippen molar-refractivity contribution in [2.45, 2.75) is 5.75 Å². The van der Waals surface area contributed by atoms with Crippen LogP contribution in [0.4, 0.5) is 0 Å². The van der Waals surface area contributed by atoms with Crippen LogP contribution in [0.1, 0.15) is 5.56 Å². The van der Waals surface area contributed by atoms with Crippen molar-refractivity contribution >= 4 is 17.7 Å². The van der Waals surface area contributed by atoms with Crippen LogP contribution in [0.3, 0.4) is 0 Å². The van der Waals surface area contributed by atoms with E-state index in [2.05, 4.69) is 0 Å². The minimum absolute atomic E-state index is 0.158. The van der Waals surface area contributed by atoms with Gasteiger partial charge in [0.15, 0.2) is 0 Å². The Morgan fingerprint density at radius 2 is 2.00 bits per heavy atom. The summed E-state index contributed by atoms with van der Waals surface area (Å²) in [7, 11) is 0. The molecule has 94 valence electrons. The molecule has 18 heavy (non-hydrogen) atoms. The summed E-state index contributed by atoms with van der Waals surface area (Å²) in [5.74, 6) is -0.0846. The number of carbonyl (C=O) groups excluding carboxylic acids is 1. The van der Waals surface area contributed by atoms with Crippen LogP contribution in [0.5, 0.6) is 0 Å². The van der Waals surface area contributed by atoms with Crippen LogP contribution >= 0.6 is 11.8 Å². The van der Waals surface area contributed by atoms with Gasteiger partial charge in [0.1, 0.15) is 0 Å². The Labute approximate surface area is 109 Å². The fourth-order valence-corrected chi connectivity index (χ4v) is 1.91. The molecular weight excluding hydrogens is 252 g/mol. The van der Waals surface area contributed by atoms with E-state index in [1.165, 1.54) is 17.2 Å². The smallest absolute Gasteiger partial charge is 0.275 e. The number of carbonyl (C=O) groups is 1. The Balaban J connectivity index is 2.61. The maximum absolute atomic E-state index is 10.7. The van der Waals surface area contributed by atoms with Gasteiger partial charge in [-0.25, -0.2) is 0 Å². The number of nitro groups is 1. The summed E-state index contributed by atoms with van der Waals surface area (Å²) < 4.78 is 0. The van der Waals surface area contributed by atoms with Crippen molar-refractivity contribution in [1.29, 1.82) is 0 Å². The highest BCUT2D eigenvalue weighted by Gasteiger charge is 2.05. The quantitative estimate of drug-likeness (QED) is 0.369. The van der Waals surface area contributed by atoms with Gasteiger partial charge in [0.2, 0.25) is 5.91 Å². The maximum Gasteiger partial charge on any atom is 0.275 e. The van der Waals surface area contributed by atoms with Gasteiger partial charge in [-0.15, -0.1) is 11.8 Å². The van der Waals surface area contributed by atoms with Gasteiger partial charge in [0, 0.05) is 23.3 Å². The van der Waals surface area contributed by atoms with E-state index in [9.17, 15) is 14.9 Å². The van der Waals surface area contributed by atoms with E-state index >= 15 is 0 Å². The molecule has 0 saturated heterocycles. The molecule has 5 nitrogen and oxygen atoms in total. The number of amides is 1. The summed E-state index contributed by atoms with van der Waals surface area (Å²) in [6, 6.07) is 9.59. The van der Waals surface area contributed by atoms with E-state index in [4.69, 9.17) is 5.73 Å². The number of thioether (sulfide) groups is 1. The first-order valence-corrected chi connectivity index (χ1v) is 6.12. The van der Waals surface area contributed by atoms with E-state index in [1.54, 1.807) is 0 Å². The van der Waals surface area contributed by atoms with Crippen molar-refractivity contribution < 1.29 is 9.72 Å². The molecule has 0 saturated carbocycles. The third-order valence-corrected chi connectivity index (χ3v) is 2.83. The Morgan fingerprint density at radius 3 is 2.56 bits per heavy atom. The molecule has 1 aromatic rings. The average Bonchev–Trinajstić information content (AvgIpc) is 2.34. The molecule has 0 aliphatic carbocycles. The lowest BCUT2D eigenvalue weighted by atomic mass is 10.2. The van der Waals surface area contributed by atoms with Gasteiger partial charge in [-0.1, -0.05) is 30.3 Å². The van der Waals surface area contributed by atoms with Crippen molar-refractivity contribution in [2.24, 2.45) is 5.73 Å². The number of primary amides is 1. The van der Waals surface area contributed by atoms with Crippen LogP contribution in [0.2, 0.25) is 0 Å². The first-order chi connectivity index (χ1) is 8.59. The number of allylic oxidation sites excluding steroid dienone is 1. The number of rotatable bonds is 6. The van der Waals surface area contributed by atoms with Crippen molar-refractivity contribution in [3.05, 3.63) is 69.3 Å². The van der Waals surface area contributed by atoms with Crippen LogP contribution in [0.15, 0.2) is 53.6 Å². The van der Waals surface area contributed by atoms with Crippen LogP contribution in [0.25, 0.3) is 0 Å². The summed E-state index contributed by atoms with van der Waals surface area (Å²) in [5, 5.41) is 12.1. The number of benzene rings is 1. The second-order valence-electron chi connectivity index (χ2n) is 3.33. The summed E-state index contributed by atoms with van der Waals surface area (Å²) in [5.41, 5.74) is 5.79. The summed E-state index contributed by atoms with van der Waals surface area (Å²) in [6.07, 6.45) is 2.07. The third-order valence-electron chi connectivity index (χ3n) is 1.93. The Hall–Kier alpha value is -2.08. The highest BCUT2D eigenvalue weighted by molar-refractivity contribution is 8.01. The summed E-state index contributed by atoms with van der Waals surface area (Å²) in [4.78, 5) is 20.6. The van der Waals surface area contributed by atoms with Gasteiger partial charge in [-0.05, 0) is 5.56 Å². The van der Waals surface area contributed by atoms with E-state index in [0.717, 1.165) is 17.7 Å².